The molecule has 1 aromatic carbocycles. The van der Waals surface area contributed by atoms with Crippen LogP contribution in [0, 0.1) is 20.8 Å². The molecule has 4 N–H and O–H groups in total. The fourth-order valence-corrected chi connectivity index (χ4v) is 3.63. The Morgan fingerprint density at radius 1 is 1.11 bits per heavy atom. The van der Waals surface area contributed by atoms with Gasteiger partial charge in [0.25, 0.3) is 5.56 Å². The lowest BCUT2D eigenvalue weighted by atomic mass is 9.99. The standard InChI is InChI=1S/C19H24N2O6/c1-9-4-10(2)12(11(3)5-9)6-21-7-13(18(25)20-19(21)26)17-16(24)15(23)14(8-22)27-17/h4-5,7,14-17,22-24H,6,8H2,1-3H3,(H,20,25,26)/t14-,15-,16-,17+/m1/s1. The van der Waals surface area contributed by atoms with Crippen molar-refractivity contribution in [2.45, 2.75) is 51.7 Å². The van der Waals surface area contributed by atoms with Crippen LogP contribution in [0.2, 0.25) is 0 Å². The van der Waals surface area contributed by atoms with Crippen molar-refractivity contribution >= 4 is 0 Å². The van der Waals surface area contributed by atoms with Gasteiger partial charge in [0.1, 0.15) is 24.4 Å². The number of aliphatic hydroxyl groups excluding tert-OH is 3. The fraction of sp³-hybridized carbons (Fsp3) is 0.474. The molecule has 8 heteroatoms. The SMILES string of the molecule is Cc1cc(C)c(Cn2cc([C@@H]3O[C@H](CO)[C@@H](O)[C@H]3O)c(=O)[nH]c2=O)c(C)c1. The first-order valence-electron chi connectivity index (χ1n) is 8.75. The molecule has 8 nitrogen and oxygen atoms in total. The normalized spacial score (nSPS) is 25.1. The Morgan fingerprint density at radius 3 is 2.30 bits per heavy atom. The minimum Gasteiger partial charge on any atom is -0.394 e. The number of hydrogen-bond donors (Lipinski definition) is 4. The molecule has 0 bridgehead atoms. The lowest BCUT2D eigenvalue weighted by Crippen LogP contribution is -2.36. The second-order valence-electron chi connectivity index (χ2n) is 7.11. The topological polar surface area (TPSA) is 125 Å². The van der Waals surface area contributed by atoms with Crippen LogP contribution in [0.4, 0.5) is 0 Å². The lowest BCUT2D eigenvalue weighted by molar-refractivity contribution is -0.0233. The van der Waals surface area contributed by atoms with Crippen molar-refractivity contribution < 1.29 is 20.1 Å². The average Bonchev–Trinajstić information content (AvgIpc) is 2.87. The van der Waals surface area contributed by atoms with Gasteiger partial charge >= 0.3 is 5.69 Å². The molecule has 146 valence electrons. The highest BCUT2D eigenvalue weighted by molar-refractivity contribution is 5.37. The highest BCUT2D eigenvalue weighted by Crippen LogP contribution is 2.31. The van der Waals surface area contributed by atoms with Gasteiger partial charge in [0, 0.05) is 6.20 Å². The van der Waals surface area contributed by atoms with Crippen molar-refractivity contribution in [3.63, 3.8) is 0 Å². The summed E-state index contributed by atoms with van der Waals surface area (Å²) in [6.07, 6.45) is -3.47. The number of nitrogens with zero attached hydrogens (tertiary/aromatic N) is 1. The number of rotatable bonds is 4. The van der Waals surface area contributed by atoms with Gasteiger partial charge in [-0.3, -0.25) is 14.3 Å². The molecule has 4 atom stereocenters. The maximum atomic E-state index is 12.3. The van der Waals surface area contributed by atoms with Gasteiger partial charge in [-0.05, 0) is 37.5 Å². The molecule has 0 saturated carbocycles. The molecule has 1 aliphatic rings. The van der Waals surface area contributed by atoms with E-state index in [4.69, 9.17) is 4.74 Å². The van der Waals surface area contributed by atoms with Crippen LogP contribution in [-0.4, -0.2) is 49.8 Å². The first-order chi connectivity index (χ1) is 12.7. The van der Waals surface area contributed by atoms with Crippen LogP contribution in [0.25, 0.3) is 0 Å². The van der Waals surface area contributed by atoms with Crippen LogP contribution < -0.4 is 11.2 Å². The Balaban J connectivity index is 2.01. The monoisotopic (exact) mass is 376 g/mol. The highest BCUT2D eigenvalue weighted by Gasteiger charge is 2.44. The quantitative estimate of drug-likeness (QED) is 0.579. The lowest BCUT2D eigenvalue weighted by Gasteiger charge is -2.17. The largest absolute Gasteiger partial charge is 0.394 e. The molecule has 0 aliphatic carbocycles. The van der Waals surface area contributed by atoms with Crippen molar-refractivity contribution in [3.05, 3.63) is 67.0 Å². The Labute approximate surface area is 155 Å². The van der Waals surface area contributed by atoms with E-state index in [0.717, 1.165) is 22.3 Å². The van der Waals surface area contributed by atoms with Crippen LogP contribution in [0.1, 0.15) is 33.9 Å². The first kappa shape index (κ1) is 19.5. The first-order valence-corrected chi connectivity index (χ1v) is 8.75. The predicted molar refractivity (Wildman–Crippen MR) is 97.8 cm³/mol. The van der Waals surface area contributed by atoms with Gasteiger partial charge in [-0.15, -0.1) is 0 Å². The second-order valence-corrected chi connectivity index (χ2v) is 7.11. The van der Waals surface area contributed by atoms with Crippen LogP contribution in [0.5, 0.6) is 0 Å². The summed E-state index contributed by atoms with van der Waals surface area (Å²) in [6, 6.07) is 4.04. The van der Waals surface area contributed by atoms with Crippen molar-refractivity contribution in [2.75, 3.05) is 6.61 Å². The summed E-state index contributed by atoms with van der Waals surface area (Å²) in [6.45, 7) is 5.66. The number of H-pyrrole nitrogens is 1. The summed E-state index contributed by atoms with van der Waals surface area (Å²) < 4.78 is 6.77. The third-order valence-corrected chi connectivity index (χ3v) is 5.06. The van der Waals surface area contributed by atoms with E-state index in [9.17, 15) is 24.9 Å². The summed E-state index contributed by atoms with van der Waals surface area (Å²) in [4.78, 5) is 26.8. The Hall–Kier alpha value is -2.26. The Morgan fingerprint density at radius 2 is 1.74 bits per heavy atom. The van der Waals surface area contributed by atoms with Crippen molar-refractivity contribution in [2.24, 2.45) is 0 Å². The van der Waals surface area contributed by atoms with E-state index in [-0.39, 0.29) is 12.1 Å². The zero-order valence-electron chi connectivity index (χ0n) is 15.5. The molecule has 0 radical (unpaired) electrons. The van der Waals surface area contributed by atoms with Crippen LogP contribution in [-0.2, 0) is 11.3 Å². The molecule has 27 heavy (non-hydrogen) atoms. The maximum Gasteiger partial charge on any atom is 0.328 e. The van der Waals surface area contributed by atoms with Gasteiger partial charge < -0.3 is 20.1 Å². The van der Waals surface area contributed by atoms with Crippen molar-refractivity contribution in [1.29, 1.82) is 0 Å². The van der Waals surface area contributed by atoms with Gasteiger partial charge in [-0.25, -0.2) is 4.79 Å². The number of aliphatic hydroxyl groups is 3. The van der Waals surface area contributed by atoms with Gasteiger partial charge in [0.05, 0.1) is 18.7 Å². The van der Waals surface area contributed by atoms with Crippen molar-refractivity contribution in [3.8, 4) is 0 Å². The van der Waals surface area contributed by atoms with Crippen LogP contribution >= 0.6 is 0 Å². The number of nitrogens with one attached hydrogen (secondary N) is 1. The summed E-state index contributed by atoms with van der Waals surface area (Å²) in [5, 5.41) is 29.3. The number of hydrogen-bond acceptors (Lipinski definition) is 6. The molecule has 1 saturated heterocycles. The summed E-state index contributed by atoms with van der Waals surface area (Å²) >= 11 is 0. The number of aromatic nitrogens is 2. The smallest absolute Gasteiger partial charge is 0.328 e. The van der Waals surface area contributed by atoms with E-state index >= 15 is 0 Å². The van der Waals surface area contributed by atoms with Crippen LogP contribution in [0.3, 0.4) is 0 Å². The molecular weight excluding hydrogens is 352 g/mol. The molecule has 1 fully saturated rings. The molecule has 2 aromatic rings. The van der Waals surface area contributed by atoms with E-state index in [1.165, 1.54) is 10.8 Å². The molecule has 2 heterocycles. The maximum absolute atomic E-state index is 12.3. The number of ether oxygens (including phenoxy) is 1. The number of benzene rings is 1. The highest BCUT2D eigenvalue weighted by atomic mass is 16.6. The van der Waals surface area contributed by atoms with E-state index in [1.807, 2.05) is 32.9 Å². The van der Waals surface area contributed by atoms with E-state index in [2.05, 4.69) is 4.98 Å². The Bertz CT molecular complexity index is 940. The molecule has 1 aromatic heterocycles. The van der Waals surface area contributed by atoms with Crippen molar-refractivity contribution in [1.82, 2.24) is 9.55 Å². The zero-order valence-corrected chi connectivity index (χ0v) is 15.5. The summed E-state index contributed by atoms with van der Waals surface area (Å²) in [5.41, 5.74) is 2.90. The molecule has 0 spiro atoms. The average molecular weight is 376 g/mol. The van der Waals surface area contributed by atoms with Crippen LogP contribution in [0.15, 0.2) is 27.9 Å². The predicted octanol–water partition coefficient (Wildman–Crippen LogP) is -0.336. The molecule has 0 amide bonds. The minimum atomic E-state index is -1.38. The fourth-order valence-electron chi connectivity index (χ4n) is 3.63. The van der Waals surface area contributed by atoms with Gasteiger partial charge in [0.2, 0.25) is 0 Å². The second kappa shape index (κ2) is 7.40. The summed E-state index contributed by atoms with van der Waals surface area (Å²) in [5.74, 6) is 0. The van der Waals surface area contributed by atoms with Gasteiger partial charge in [-0.1, -0.05) is 17.7 Å². The van der Waals surface area contributed by atoms with Gasteiger partial charge in [0.15, 0.2) is 0 Å². The van der Waals surface area contributed by atoms with E-state index in [1.54, 1.807) is 0 Å². The minimum absolute atomic E-state index is 0.0273. The molecule has 0 unspecified atom stereocenters. The Kier molecular flexibility index (Phi) is 5.34. The molecule has 3 rings (SSSR count). The zero-order chi connectivity index (χ0) is 19.9. The molecule has 1 aliphatic heterocycles. The van der Waals surface area contributed by atoms with E-state index < -0.39 is 42.3 Å². The number of aromatic amines is 1. The van der Waals surface area contributed by atoms with E-state index in [0.29, 0.717) is 0 Å². The third kappa shape index (κ3) is 3.61. The number of aryl methyl sites for hydroxylation is 3. The summed E-state index contributed by atoms with van der Waals surface area (Å²) in [7, 11) is 0. The van der Waals surface area contributed by atoms with Gasteiger partial charge in [-0.2, -0.15) is 0 Å². The molecular formula is C19H24N2O6. The third-order valence-electron chi connectivity index (χ3n) is 5.06.